The smallest absolute Gasteiger partial charge is 0.276 e. The molecule has 0 unspecified atom stereocenters. The number of hydrogen-bond acceptors (Lipinski definition) is 7. The van der Waals surface area contributed by atoms with Crippen LogP contribution in [0, 0.1) is 19.7 Å². The van der Waals surface area contributed by atoms with Gasteiger partial charge in [-0.05, 0) is 62.1 Å². The van der Waals surface area contributed by atoms with Crippen LogP contribution in [0.1, 0.15) is 43.5 Å². The fraction of sp³-hybridized carbons (Fsp3) is 0.314. The monoisotopic (exact) mass is 690 g/mol. The van der Waals surface area contributed by atoms with Gasteiger partial charge in [-0.2, -0.15) is 5.10 Å². The van der Waals surface area contributed by atoms with Crippen LogP contribution in [0.3, 0.4) is 0 Å². The standard InChI is InChI=1S/C35H36ClFN6O4S/c1-8-26(44)41-13-14-42(21(6)17-41)33-22-15-24(36)28(27-19(4)9-10-25-23(27)16-39-40-25)29(37)32(22)43(35(45)34(33)48(7,46)47)31-20(5)11-12-38-30(31)18(2)3/h8-12,15-16,18,21H,1,13-14,17H2,2-7H3,(H,39,40)/t21-/m0/s1. The first-order chi connectivity index (χ1) is 22.7. The van der Waals surface area contributed by atoms with Gasteiger partial charge < -0.3 is 9.80 Å². The van der Waals surface area contributed by atoms with Crippen LogP contribution in [0.15, 0.2) is 59.0 Å². The van der Waals surface area contributed by atoms with E-state index in [0.29, 0.717) is 33.4 Å². The number of hydrogen-bond donors (Lipinski definition) is 1. The molecule has 4 heterocycles. The van der Waals surface area contributed by atoms with E-state index in [2.05, 4.69) is 21.8 Å². The summed E-state index contributed by atoms with van der Waals surface area (Å²) in [5, 5.41) is 7.88. The molecule has 3 aromatic heterocycles. The third-order valence-corrected chi connectivity index (χ3v) is 10.5. The Kier molecular flexibility index (Phi) is 8.45. The van der Waals surface area contributed by atoms with E-state index in [9.17, 15) is 18.0 Å². The second-order valence-electron chi connectivity index (χ2n) is 12.7. The third-order valence-electron chi connectivity index (χ3n) is 9.06. The number of sulfone groups is 1. The zero-order valence-electron chi connectivity index (χ0n) is 27.6. The number of halogens is 2. The van der Waals surface area contributed by atoms with Crippen molar-refractivity contribution < 1.29 is 17.6 Å². The number of carbonyl (C=O) groups is 1. The first-order valence-corrected chi connectivity index (χ1v) is 17.8. The predicted molar refractivity (Wildman–Crippen MR) is 188 cm³/mol. The van der Waals surface area contributed by atoms with Gasteiger partial charge in [-0.3, -0.25) is 24.2 Å². The van der Waals surface area contributed by atoms with E-state index in [1.54, 1.807) is 41.2 Å². The number of pyridine rings is 2. The van der Waals surface area contributed by atoms with Crippen molar-refractivity contribution in [3.8, 4) is 16.8 Å². The molecule has 1 aliphatic rings. The molecule has 5 aromatic rings. The summed E-state index contributed by atoms with van der Waals surface area (Å²) in [5.74, 6) is -1.25. The number of nitrogens with zero attached hydrogens (tertiary/aromatic N) is 5. The molecule has 48 heavy (non-hydrogen) atoms. The van der Waals surface area contributed by atoms with E-state index in [4.69, 9.17) is 11.6 Å². The molecule has 6 rings (SSSR count). The van der Waals surface area contributed by atoms with Crippen LogP contribution in [0.5, 0.6) is 0 Å². The highest BCUT2D eigenvalue weighted by molar-refractivity contribution is 7.90. The maximum atomic E-state index is 17.8. The van der Waals surface area contributed by atoms with Gasteiger partial charge in [-0.15, -0.1) is 0 Å². The van der Waals surface area contributed by atoms with Crippen molar-refractivity contribution in [3.05, 3.63) is 87.3 Å². The summed E-state index contributed by atoms with van der Waals surface area (Å²) in [5.41, 5.74) is 2.38. The molecule has 0 bridgehead atoms. The van der Waals surface area contributed by atoms with Gasteiger partial charge >= 0.3 is 0 Å². The average Bonchev–Trinajstić information content (AvgIpc) is 3.50. The Morgan fingerprint density at radius 3 is 2.50 bits per heavy atom. The highest BCUT2D eigenvalue weighted by atomic mass is 35.5. The van der Waals surface area contributed by atoms with Gasteiger partial charge in [-0.25, -0.2) is 12.8 Å². The Morgan fingerprint density at radius 1 is 1.12 bits per heavy atom. The molecule has 10 nitrogen and oxygen atoms in total. The molecule has 13 heteroatoms. The van der Waals surface area contributed by atoms with Crippen molar-refractivity contribution in [1.82, 2.24) is 24.6 Å². The fourth-order valence-electron chi connectivity index (χ4n) is 6.86. The van der Waals surface area contributed by atoms with Crippen LogP contribution in [-0.4, -0.2) is 70.9 Å². The summed E-state index contributed by atoms with van der Waals surface area (Å²) in [6, 6.07) is 6.47. The number of amides is 1. The molecular weight excluding hydrogens is 655 g/mol. The van der Waals surface area contributed by atoms with E-state index < -0.39 is 32.2 Å². The zero-order valence-corrected chi connectivity index (χ0v) is 29.1. The Morgan fingerprint density at radius 2 is 1.85 bits per heavy atom. The molecule has 2 aromatic carbocycles. The van der Waals surface area contributed by atoms with Crippen molar-refractivity contribution in [2.45, 2.75) is 51.5 Å². The van der Waals surface area contributed by atoms with E-state index >= 15 is 4.39 Å². The van der Waals surface area contributed by atoms with Gasteiger partial charge in [0.25, 0.3) is 5.56 Å². The number of piperazine rings is 1. The van der Waals surface area contributed by atoms with Crippen molar-refractivity contribution in [3.63, 3.8) is 0 Å². The predicted octanol–water partition coefficient (Wildman–Crippen LogP) is 6.09. The molecule has 1 atom stereocenters. The van der Waals surface area contributed by atoms with Crippen LogP contribution in [-0.2, 0) is 14.6 Å². The second kappa shape index (κ2) is 12.2. The number of H-pyrrole nitrogens is 1. The Bertz CT molecular complexity index is 2330. The lowest BCUT2D eigenvalue weighted by molar-refractivity contribution is -0.126. The van der Waals surface area contributed by atoms with Crippen LogP contribution in [0.25, 0.3) is 38.6 Å². The summed E-state index contributed by atoms with van der Waals surface area (Å²) in [7, 11) is -4.23. The molecule has 1 saturated heterocycles. The highest BCUT2D eigenvalue weighted by Crippen LogP contribution is 2.45. The van der Waals surface area contributed by atoms with Crippen LogP contribution in [0.4, 0.5) is 10.1 Å². The van der Waals surface area contributed by atoms with Gasteiger partial charge in [0.05, 0.1) is 39.3 Å². The van der Waals surface area contributed by atoms with E-state index in [1.165, 1.54) is 6.08 Å². The lowest BCUT2D eigenvalue weighted by Crippen LogP contribution is -2.54. The number of anilines is 1. The quantitative estimate of drug-likeness (QED) is 0.214. The number of aromatic amines is 1. The van der Waals surface area contributed by atoms with Crippen molar-refractivity contribution >= 4 is 54.8 Å². The molecule has 0 saturated carbocycles. The number of aryl methyl sites for hydroxylation is 2. The maximum absolute atomic E-state index is 17.8. The first-order valence-electron chi connectivity index (χ1n) is 15.5. The molecule has 1 aliphatic heterocycles. The first kappa shape index (κ1) is 33.4. The SMILES string of the molecule is C=CC(=O)N1CCN(c2c(S(C)(=O)=O)c(=O)n(-c3c(C)ccnc3C(C)C)c3c(F)c(-c4c(C)ccc5[nH]ncc45)c(Cl)cc23)[C@@H](C)C1. The minimum absolute atomic E-state index is 0.0304. The number of fused-ring (bicyclic) bond motifs is 2. The molecule has 0 spiro atoms. The Labute approximate surface area is 282 Å². The van der Waals surface area contributed by atoms with Crippen LogP contribution in [0.2, 0.25) is 5.02 Å². The number of carbonyl (C=O) groups excluding carboxylic acids is 1. The molecule has 250 valence electrons. The largest absolute Gasteiger partial charge is 0.363 e. The molecule has 0 aliphatic carbocycles. The summed E-state index contributed by atoms with van der Waals surface area (Å²) in [6.45, 7) is 13.5. The summed E-state index contributed by atoms with van der Waals surface area (Å²) in [6.07, 6.45) is 5.40. The van der Waals surface area contributed by atoms with Gasteiger partial charge in [0.2, 0.25) is 5.91 Å². The van der Waals surface area contributed by atoms with E-state index in [-0.39, 0.29) is 58.6 Å². The van der Waals surface area contributed by atoms with E-state index in [0.717, 1.165) is 16.4 Å². The fourth-order valence-corrected chi connectivity index (χ4v) is 8.13. The highest BCUT2D eigenvalue weighted by Gasteiger charge is 2.36. The summed E-state index contributed by atoms with van der Waals surface area (Å²) in [4.78, 5) is 34.8. The number of aromatic nitrogens is 4. The summed E-state index contributed by atoms with van der Waals surface area (Å²) >= 11 is 7.03. The van der Waals surface area contributed by atoms with Crippen LogP contribution < -0.4 is 10.5 Å². The second-order valence-corrected chi connectivity index (χ2v) is 15.0. The zero-order chi connectivity index (χ0) is 34.8. The van der Waals surface area contributed by atoms with Crippen molar-refractivity contribution in [2.75, 3.05) is 30.8 Å². The molecule has 1 N–H and O–H groups in total. The lowest BCUT2D eigenvalue weighted by Gasteiger charge is -2.42. The van der Waals surface area contributed by atoms with Crippen molar-refractivity contribution in [1.29, 1.82) is 0 Å². The Balaban J connectivity index is 1.83. The minimum Gasteiger partial charge on any atom is -0.363 e. The topological polar surface area (TPSA) is 121 Å². The summed E-state index contributed by atoms with van der Waals surface area (Å²) < 4.78 is 46.4. The molecular formula is C35H36ClFN6O4S. The number of rotatable bonds is 6. The van der Waals surface area contributed by atoms with Crippen molar-refractivity contribution in [2.24, 2.45) is 0 Å². The molecule has 0 radical (unpaired) electrons. The molecule has 1 amide bonds. The van der Waals surface area contributed by atoms with Gasteiger partial charge in [0.1, 0.15) is 0 Å². The number of benzene rings is 2. The van der Waals surface area contributed by atoms with Gasteiger partial charge in [0, 0.05) is 60.0 Å². The average molecular weight is 691 g/mol. The Hall–Kier alpha value is -4.55. The number of nitrogens with one attached hydrogen (secondary N) is 1. The molecule has 1 fully saturated rings. The normalized spacial score (nSPS) is 15.6. The maximum Gasteiger partial charge on any atom is 0.276 e. The van der Waals surface area contributed by atoms with Gasteiger partial charge in [0.15, 0.2) is 20.5 Å². The van der Waals surface area contributed by atoms with Crippen LogP contribution >= 0.6 is 11.6 Å². The van der Waals surface area contributed by atoms with E-state index in [1.807, 2.05) is 39.8 Å². The third kappa shape index (κ3) is 5.27. The lowest BCUT2D eigenvalue weighted by atomic mass is 9.94. The minimum atomic E-state index is -4.23. The van der Waals surface area contributed by atoms with Gasteiger partial charge in [-0.1, -0.05) is 38.1 Å².